The molecule has 0 spiro atoms. The zero-order valence-electron chi connectivity index (χ0n) is 9.41. The van der Waals surface area contributed by atoms with E-state index in [-0.39, 0.29) is 0 Å². The molecule has 0 aliphatic heterocycles. The van der Waals surface area contributed by atoms with Gasteiger partial charge in [0.15, 0.2) is 0 Å². The van der Waals surface area contributed by atoms with Crippen molar-refractivity contribution in [3.05, 3.63) is 12.2 Å². The van der Waals surface area contributed by atoms with Crippen molar-refractivity contribution in [2.75, 3.05) is 5.88 Å². The lowest BCUT2D eigenvalue weighted by atomic mass is 10.1. The summed E-state index contributed by atoms with van der Waals surface area (Å²) in [5.41, 5.74) is 0.337. The third-order valence-corrected chi connectivity index (χ3v) is 3.57. The molecule has 1 saturated carbocycles. The van der Waals surface area contributed by atoms with Crippen molar-refractivity contribution in [1.82, 2.24) is 14.8 Å². The molecule has 0 atom stereocenters. The summed E-state index contributed by atoms with van der Waals surface area (Å²) in [6.45, 7) is 5.34. The van der Waals surface area contributed by atoms with Crippen molar-refractivity contribution in [3.63, 3.8) is 0 Å². The number of aromatic nitrogens is 3. The Hall–Kier alpha value is -0.570. The van der Waals surface area contributed by atoms with Gasteiger partial charge in [-0.15, -0.1) is 11.6 Å². The van der Waals surface area contributed by atoms with Crippen molar-refractivity contribution < 1.29 is 0 Å². The van der Waals surface area contributed by atoms with E-state index in [9.17, 15) is 0 Å². The number of hydrogen-bond acceptors (Lipinski definition) is 2. The Balaban J connectivity index is 2.05. The van der Waals surface area contributed by atoms with Crippen molar-refractivity contribution >= 4 is 11.6 Å². The predicted octanol–water partition coefficient (Wildman–Crippen LogP) is 2.50. The minimum atomic E-state index is 0.337. The largest absolute Gasteiger partial charge is 0.250 e. The number of halogens is 1. The highest BCUT2D eigenvalue weighted by atomic mass is 35.5. The predicted molar refractivity (Wildman–Crippen MR) is 61.0 cm³/mol. The summed E-state index contributed by atoms with van der Waals surface area (Å²) in [6, 6.07) is 0. The Morgan fingerprint density at radius 1 is 1.53 bits per heavy atom. The molecular weight excluding hydrogens is 210 g/mol. The molecule has 0 aromatic carbocycles. The lowest BCUT2D eigenvalue weighted by Gasteiger charge is -2.12. The Morgan fingerprint density at radius 3 is 2.80 bits per heavy atom. The van der Waals surface area contributed by atoms with Gasteiger partial charge < -0.3 is 0 Å². The van der Waals surface area contributed by atoms with Gasteiger partial charge in [-0.2, -0.15) is 5.10 Å². The molecule has 0 saturated heterocycles. The van der Waals surface area contributed by atoms with Crippen LogP contribution < -0.4 is 0 Å². The van der Waals surface area contributed by atoms with Crippen LogP contribution in [0.4, 0.5) is 0 Å². The highest BCUT2D eigenvalue weighted by Crippen LogP contribution is 2.48. The van der Waals surface area contributed by atoms with Crippen molar-refractivity contribution in [2.24, 2.45) is 11.3 Å². The molecule has 0 bridgehead atoms. The molecule has 1 fully saturated rings. The molecule has 84 valence electrons. The molecule has 0 unspecified atom stereocenters. The minimum Gasteiger partial charge on any atom is -0.250 e. The van der Waals surface area contributed by atoms with Crippen LogP contribution in [0, 0.1) is 11.3 Å². The number of hydrogen-bond donors (Lipinski definition) is 0. The van der Waals surface area contributed by atoms with E-state index in [1.165, 1.54) is 12.8 Å². The third kappa shape index (κ3) is 2.51. The molecule has 15 heavy (non-hydrogen) atoms. The average molecular weight is 228 g/mol. The van der Waals surface area contributed by atoms with Gasteiger partial charge in [0, 0.05) is 18.8 Å². The molecule has 1 heterocycles. The van der Waals surface area contributed by atoms with Crippen molar-refractivity contribution in [3.8, 4) is 0 Å². The zero-order chi connectivity index (χ0) is 10.9. The Kier molecular flexibility index (Phi) is 3.01. The van der Waals surface area contributed by atoms with E-state index in [1.807, 2.05) is 4.68 Å². The van der Waals surface area contributed by atoms with E-state index in [0.29, 0.717) is 11.3 Å². The minimum absolute atomic E-state index is 0.337. The van der Waals surface area contributed by atoms with Crippen LogP contribution in [0.25, 0.3) is 0 Å². The van der Waals surface area contributed by atoms with E-state index in [4.69, 9.17) is 11.6 Å². The van der Waals surface area contributed by atoms with E-state index in [0.717, 1.165) is 24.7 Å². The number of alkyl halides is 1. The Morgan fingerprint density at radius 2 is 2.27 bits per heavy atom. The average Bonchev–Trinajstić information content (AvgIpc) is 2.84. The second-order valence-electron chi connectivity index (χ2n) is 5.06. The molecule has 4 heteroatoms. The normalized spacial score (nSPS) is 18.4. The molecule has 0 N–H and O–H groups in total. The summed E-state index contributed by atoms with van der Waals surface area (Å²) in [5.74, 6) is 2.46. The van der Waals surface area contributed by atoms with E-state index in [2.05, 4.69) is 23.9 Å². The molecule has 1 aliphatic carbocycles. The quantitative estimate of drug-likeness (QED) is 0.724. The maximum Gasteiger partial charge on any atom is 0.138 e. The first-order valence-corrected chi connectivity index (χ1v) is 6.11. The molecule has 0 amide bonds. The molecular formula is C11H18ClN3. The summed E-state index contributed by atoms with van der Waals surface area (Å²) in [5, 5.41) is 4.27. The zero-order valence-corrected chi connectivity index (χ0v) is 10.2. The fourth-order valence-electron chi connectivity index (χ4n) is 1.79. The third-order valence-electron chi connectivity index (χ3n) is 3.01. The van der Waals surface area contributed by atoms with E-state index in [1.54, 1.807) is 6.33 Å². The summed E-state index contributed by atoms with van der Waals surface area (Å²) in [4.78, 5) is 4.34. The van der Waals surface area contributed by atoms with Crippen LogP contribution in [0.5, 0.6) is 0 Å². The highest BCUT2D eigenvalue weighted by molar-refractivity contribution is 6.18. The highest BCUT2D eigenvalue weighted by Gasteiger charge is 2.42. The lowest BCUT2D eigenvalue weighted by molar-refractivity contribution is 0.444. The topological polar surface area (TPSA) is 30.7 Å². The van der Waals surface area contributed by atoms with Crippen LogP contribution in [0.15, 0.2) is 6.33 Å². The second kappa shape index (κ2) is 4.12. The first kappa shape index (κ1) is 10.9. The smallest absolute Gasteiger partial charge is 0.138 e. The second-order valence-corrected chi connectivity index (χ2v) is 5.33. The standard InChI is InChI=1S/C11H18ClN3/c1-9(2)6-15-10(13-8-14-15)5-11(7-12)3-4-11/h8-9H,3-7H2,1-2H3. The molecule has 1 aromatic rings. The molecule has 3 nitrogen and oxygen atoms in total. The fraction of sp³-hybridized carbons (Fsp3) is 0.818. The van der Waals surface area contributed by atoms with Crippen molar-refractivity contribution in [1.29, 1.82) is 0 Å². The van der Waals surface area contributed by atoms with E-state index >= 15 is 0 Å². The summed E-state index contributed by atoms with van der Waals surface area (Å²) >= 11 is 5.97. The maximum absolute atomic E-state index is 5.97. The SMILES string of the molecule is CC(C)Cn1ncnc1CC1(CCl)CC1. The molecule has 0 radical (unpaired) electrons. The van der Waals surface area contributed by atoms with Gasteiger partial charge in [0.25, 0.3) is 0 Å². The first-order valence-electron chi connectivity index (χ1n) is 5.58. The Bertz CT molecular complexity index is 328. The van der Waals surface area contributed by atoms with Crippen LogP contribution in [0.2, 0.25) is 0 Å². The monoisotopic (exact) mass is 227 g/mol. The Labute approximate surface area is 95.8 Å². The molecule has 1 aromatic heterocycles. The molecule has 1 aliphatic rings. The van der Waals surface area contributed by atoms with Gasteiger partial charge in [0.2, 0.25) is 0 Å². The summed E-state index contributed by atoms with van der Waals surface area (Å²) in [7, 11) is 0. The first-order chi connectivity index (χ1) is 7.15. The van der Waals surface area contributed by atoms with Crippen LogP contribution in [0.1, 0.15) is 32.5 Å². The van der Waals surface area contributed by atoms with Gasteiger partial charge in [-0.05, 0) is 24.2 Å². The van der Waals surface area contributed by atoms with Crippen LogP contribution in [-0.2, 0) is 13.0 Å². The van der Waals surface area contributed by atoms with Gasteiger partial charge in [-0.1, -0.05) is 13.8 Å². The van der Waals surface area contributed by atoms with Gasteiger partial charge in [0.1, 0.15) is 12.2 Å². The van der Waals surface area contributed by atoms with E-state index < -0.39 is 0 Å². The van der Waals surface area contributed by atoms with Gasteiger partial charge in [-0.3, -0.25) is 0 Å². The molecule has 2 rings (SSSR count). The van der Waals surface area contributed by atoms with Gasteiger partial charge >= 0.3 is 0 Å². The lowest BCUT2D eigenvalue weighted by Crippen LogP contribution is -2.15. The summed E-state index contributed by atoms with van der Waals surface area (Å²) < 4.78 is 2.03. The fourth-order valence-corrected chi connectivity index (χ4v) is 2.15. The summed E-state index contributed by atoms with van der Waals surface area (Å²) in [6.07, 6.45) is 5.13. The van der Waals surface area contributed by atoms with Crippen LogP contribution in [-0.4, -0.2) is 20.6 Å². The van der Waals surface area contributed by atoms with Crippen molar-refractivity contribution in [2.45, 2.75) is 39.7 Å². The number of rotatable bonds is 5. The van der Waals surface area contributed by atoms with Crippen LogP contribution in [0.3, 0.4) is 0 Å². The number of nitrogens with zero attached hydrogens (tertiary/aromatic N) is 3. The van der Waals surface area contributed by atoms with Gasteiger partial charge in [-0.25, -0.2) is 9.67 Å². The maximum atomic E-state index is 5.97. The van der Waals surface area contributed by atoms with Crippen LogP contribution >= 0.6 is 11.6 Å². The van der Waals surface area contributed by atoms with Gasteiger partial charge in [0.05, 0.1) is 0 Å².